The second-order valence-corrected chi connectivity index (χ2v) is 6.27. The molecule has 98 valence electrons. The van der Waals surface area contributed by atoms with E-state index in [1.807, 2.05) is 12.1 Å². The summed E-state index contributed by atoms with van der Waals surface area (Å²) < 4.78 is 1.08. The van der Waals surface area contributed by atoms with Gasteiger partial charge in [-0.15, -0.1) is 0 Å². The summed E-state index contributed by atoms with van der Waals surface area (Å²) in [4.78, 5) is 2.93. The van der Waals surface area contributed by atoms with Gasteiger partial charge < -0.3 is 10.6 Å². The van der Waals surface area contributed by atoms with Crippen molar-refractivity contribution in [3.05, 3.63) is 28.2 Å². The Morgan fingerprint density at radius 3 is 2.89 bits per heavy atom. The smallest absolute Gasteiger partial charge is 0.106 e. The highest BCUT2D eigenvalue weighted by atomic mass is 79.9. The Bertz CT molecular complexity index is 447. The van der Waals surface area contributed by atoms with Crippen LogP contribution in [0.25, 0.3) is 0 Å². The van der Waals surface area contributed by atoms with Gasteiger partial charge in [0.1, 0.15) is 4.99 Å². The number of nitrogens with zero attached hydrogens (tertiary/aromatic N) is 1. The number of thiocarbonyl (C=S) groups is 1. The van der Waals surface area contributed by atoms with Crippen LogP contribution in [0.3, 0.4) is 0 Å². The van der Waals surface area contributed by atoms with Crippen LogP contribution in [0.4, 0.5) is 5.69 Å². The van der Waals surface area contributed by atoms with E-state index < -0.39 is 0 Å². The fourth-order valence-electron chi connectivity index (χ4n) is 2.58. The molecule has 2 N–H and O–H groups in total. The largest absolute Gasteiger partial charge is 0.389 e. The van der Waals surface area contributed by atoms with Gasteiger partial charge in [-0.25, -0.2) is 0 Å². The summed E-state index contributed by atoms with van der Waals surface area (Å²) in [6.45, 7) is 3.38. The first-order valence-corrected chi connectivity index (χ1v) is 7.65. The van der Waals surface area contributed by atoms with Crippen molar-refractivity contribution in [2.45, 2.75) is 38.6 Å². The van der Waals surface area contributed by atoms with Crippen LogP contribution in [0.1, 0.15) is 38.2 Å². The second kappa shape index (κ2) is 6.02. The molecule has 1 atom stereocenters. The zero-order valence-corrected chi connectivity index (χ0v) is 13.1. The van der Waals surface area contributed by atoms with Crippen LogP contribution >= 0.6 is 28.1 Å². The van der Waals surface area contributed by atoms with Crippen LogP contribution in [-0.4, -0.2) is 17.6 Å². The molecule has 2 nitrogen and oxygen atoms in total. The van der Waals surface area contributed by atoms with Gasteiger partial charge in [-0.05, 0) is 38.0 Å². The van der Waals surface area contributed by atoms with Gasteiger partial charge in [0.25, 0.3) is 0 Å². The van der Waals surface area contributed by atoms with Gasteiger partial charge in [0.15, 0.2) is 0 Å². The van der Waals surface area contributed by atoms with Crippen molar-refractivity contribution in [3.63, 3.8) is 0 Å². The predicted octanol–water partition coefficient (Wildman–Crippen LogP) is 3.85. The maximum atomic E-state index is 5.85. The van der Waals surface area contributed by atoms with Gasteiger partial charge in [0.2, 0.25) is 0 Å². The maximum absolute atomic E-state index is 5.85. The standard InChI is InChI=1S/C14H19BrN2S/c1-10-5-3-2-4-8-17(10)13-9-11(15)6-7-12(13)14(16)18/h6-7,9-10H,2-5,8H2,1H3,(H2,16,18). The van der Waals surface area contributed by atoms with Gasteiger partial charge in [-0.3, -0.25) is 0 Å². The van der Waals surface area contributed by atoms with E-state index in [1.54, 1.807) is 0 Å². The monoisotopic (exact) mass is 326 g/mol. The predicted molar refractivity (Wildman–Crippen MR) is 85.3 cm³/mol. The van der Waals surface area contributed by atoms with Gasteiger partial charge in [-0.2, -0.15) is 0 Å². The lowest BCUT2D eigenvalue weighted by Crippen LogP contribution is -2.34. The van der Waals surface area contributed by atoms with Gasteiger partial charge >= 0.3 is 0 Å². The zero-order valence-electron chi connectivity index (χ0n) is 10.7. The molecule has 1 aromatic carbocycles. The minimum absolute atomic E-state index is 0.481. The second-order valence-electron chi connectivity index (χ2n) is 4.92. The summed E-state index contributed by atoms with van der Waals surface area (Å²) in [7, 11) is 0. The van der Waals surface area contributed by atoms with E-state index in [1.165, 1.54) is 31.4 Å². The molecule has 0 aliphatic carbocycles. The van der Waals surface area contributed by atoms with Crippen molar-refractivity contribution in [2.75, 3.05) is 11.4 Å². The molecule has 1 fully saturated rings. The molecular weight excluding hydrogens is 308 g/mol. The topological polar surface area (TPSA) is 29.3 Å². The molecule has 1 aliphatic rings. The molecule has 1 unspecified atom stereocenters. The average Bonchev–Trinajstić information content (AvgIpc) is 2.53. The third-order valence-electron chi connectivity index (χ3n) is 3.59. The summed E-state index contributed by atoms with van der Waals surface area (Å²) >= 11 is 8.71. The van der Waals surface area contributed by atoms with E-state index in [-0.39, 0.29) is 0 Å². The van der Waals surface area contributed by atoms with Crippen molar-refractivity contribution in [2.24, 2.45) is 5.73 Å². The molecule has 1 aliphatic heterocycles. The van der Waals surface area contributed by atoms with Crippen molar-refractivity contribution in [1.82, 2.24) is 0 Å². The minimum Gasteiger partial charge on any atom is -0.389 e. The molecule has 18 heavy (non-hydrogen) atoms. The Morgan fingerprint density at radius 1 is 1.39 bits per heavy atom. The SMILES string of the molecule is CC1CCCCCN1c1cc(Br)ccc1C(N)=S. The van der Waals surface area contributed by atoms with Crippen LogP contribution in [0.15, 0.2) is 22.7 Å². The van der Waals surface area contributed by atoms with Crippen molar-refractivity contribution in [1.29, 1.82) is 0 Å². The van der Waals surface area contributed by atoms with E-state index in [0.29, 0.717) is 11.0 Å². The van der Waals surface area contributed by atoms with Gasteiger partial charge in [0, 0.05) is 28.3 Å². The number of anilines is 1. The minimum atomic E-state index is 0.481. The van der Waals surface area contributed by atoms with Crippen LogP contribution in [0, 0.1) is 0 Å². The van der Waals surface area contributed by atoms with E-state index in [2.05, 4.69) is 33.8 Å². The van der Waals surface area contributed by atoms with Crippen molar-refractivity contribution >= 4 is 38.8 Å². The molecular formula is C14H19BrN2S. The Hall–Kier alpha value is -0.610. The summed E-state index contributed by atoms with van der Waals surface area (Å²) in [5.41, 5.74) is 8.01. The van der Waals surface area contributed by atoms with Gasteiger partial charge in [-0.1, -0.05) is 41.0 Å². The highest BCUT2D eigenvalue weighted by Gasteiger charge is 2.20. The highest BCUT2D eigenvalue weighted by molar-refractivity contribution is 9.10. The molecule has 1 aromatic rings. The van der Waals surface area contributed by atoms with E-state index in [9.17, 15) is 0 Å². The van der Waals surface area contributed by atoms with E-state index in [0.717, 1.165) is 16.6 Å². The van der Waals surface area contributed by atoms with Crippen LogP contribution in [0.5, 0.6) is 0 Å². The van der Waals surface area contributed by atoms with Gasteiger partial charge in [0.05, 0.1) is 0 Å². The lowest BCUT2D eigenvalue weighted by atomic mass is 10.1. The lowest BCUT2D eigenvalue weighted by Gasteiger charge is -2.31. The number of hydrogen-bond acceptors (Lipinski definition) is 2. The molecule has 4 heteroatoms. The first-order valence-electron chi connectivity index (χ1n) is 6.45. The average molecular weight is 327 g/mol. The number of halogens is 1. The van der Waals surface area contributed by atoms with E-state index >= 15 is 0 Å². The van der Waals surface area contributed by atoms with Crippen molar-refractivity contribution < 1.29 is 0 Å². The third-order valence-corrected chi connectivity index (χ3v) is 4.30. The first-order chi connectivity index (χ1) is 8.59. The number of rotatable bonds is 2. The van der Waals surface area contributed by atoms with Crippen LogP contribution in [-0.2, 0) is 0 Å². The highest BCUT2D eigenvalue weighted by Crippen LogP contribution is 2.30. The van der Waals surface area contributed by atoms with E-state index in [4.69, 9.17) is 18.0 Å². The molecule has 0 saturated carbocycles. The Morgan fingerprint density at radius 2 is 2.17 bits per heavy atom. The van der Waals surface area contributed by atoms with Crippen LogP contribution in [0.2, 0.25) is 0 Å². The Balaban J connectivity index is 2.40. The Kier molecular flexibility index (Phi) is 4.62. The normalized spacial score (nSPS) is 20.6. The fraction of sp³-hybridized carbons (Fsp3) is 0.500. The molecule has 0 spiro atoms. The zero-order chi connectivity index (χ0) is 13.1. The van der Waals surface area contributed by atoms with Crippen LogP contribution < -0.4 is 10.6 Å². The fourth-order valence-corrected chi connectivity index (χ4v) is 3.11. The molecule has 0 amide bonds. The molecule has 0 bridgehead atoms. The summed E-state index contributed by atoms with van der Waals surface area (Å²) in [5.74, 6) is 0. The third kappa shape index (κ3) is 3.04. The van der Waals surface area contributed by atoms with Crippen molar-refractivity contribution in [3.8, 4) is 0 Å². The molecule has 0 aromatic heterocycles. The molecule has 1 saturated heterocycles. The lowest BCUT2D eigenvalue weighted by molar-refractivity contribution is 0.616. The number of nitrogens with two attached hydrogens (primary N) is 1. The number of hydrogen-bond donors (Lipinski definition) is 1. The first kappa shape index (κ1) is 13.8. The number of benzene rings is 1. The molecule has 0 radical (unpaired) electrons. The summed E-state index contributed by atoms with van der Waals surface area (Å²) in [6.07, 6.45) is 5.11. The molecule has 2 rings (SSSR count). The summed E-state index contributed by atoms with van der Waals surface area (Å²) in [6, 6.07) is 6.70. The summed E-state index contributed by atoms with van der Waals surface area (Å²) in [5, 5.41) is 0. The quantitative estimate of drug-likeness (QED) is 0.837. The Labute approximate surface area is 123 Å². The molecule has 1 heterocycles. The maximum Gasteiger partial charge on any atom is 0.106 e.